The fourth-order valence-electron chi connectivity index (χ4n) is 3.70. The molecule has 0 saturated carbocycles. The third kappa shape index (κ3) is 4.72. The van der Waals surface area contributed by atoms with Crippen molar-refractivity contribution in [3.05, 3.63) is 59.7 Å². The molecule has 0 aromatic heterocycles. The quantitative estimate of drug-likeness (QED) is 0.174. The van der Waals surface area contributed by atoms with Crippen molar-refractivity contribution in [2.45, 2.75) is 37.5 Å². The summed E-state index contributed by atoms with van der Waals surface area (Å²) < 4.78 is 16.9. The second-order valence-corrected chi connectivity index (χ2v) is 7.33. The number of aliphatic hydroxyl groups is 1. The number of hydrogen-bond donors (Lipinski definition) is 4. The van der Waals surface area contributed by atoms with Gasteiger partial charge in [-0.2, -0.15) is 5.26 Å². The number of methoxy groups -OCH3 is 2. The number of nitrogens with two attached hydrogens (primary N) is 1. The number of ether oxygens (including phenoxy) is 3. The van der Waals surface area contributed by atoms with Gasteiger partial charge in [0, 0.05) is 25.5 Å². The molecule has 0 fully saturated rings. The zero-order chi connectivity index (χ0) is 22.4. The number of aliphatic imine (C=N–C) groups is 1. The maximum Gasteiger partial charge on any atom is 0.199 e. The summed E-state index contributed by atoms with van der Waals surface area (Å²) in [6.45, 7) is 2.09. The Kier molecular flexibility index (Phi) is 6.97. The summed E-state index contributed by atoms with van der Waals surface area (Å²) in [5, 5.41) is 25.9. The van der Waals surface area contributed by atoms with E-state index in [1.165, 1.54) is 14.2 Å². The summed E-state index contributed by atoms with van der Waals surface area (Å²) in [6.07, 6.45) is -0.0790. The first kappa shape index (κ1) is 22.4. The number of anilines is 1. The van der Waals surface area contributed by atoms with Crippen molar-refractivity contribution in [2.24, 2.45) is 10.7 Å². The minimum absolute atomic E-state index is 0.160. The molecule has 0 bridgehead atoms. The molecule has 9 nitrogen and oxygen atoms in total. The smallest absolute Gasteiger partial charge is 0.199 e. The second kappa shape index (κ2) is 9.66. The van der Waals surface area contributed by atoms with E-state index in [-0.39, 0.29) is 5.96 Å². The van der Waals surface area contributed by atoms with E-state index in [0.29, 0.717) is 23.5 Å². The molecule has 2 aromatic rings. The first-order chi connectivity index (χ1) is 14.9. The molecule has 5 N–H and O–H groups in total. The number of benzene rings is 2. The molecular weight excluding hydrogens is 398 g/mol. The Labute approximate surface area is 181 Å². The van der Waals surface area contributed by atoms with Crippen LogP contribution in [0.4, 0.5) is 5.69 Å². The molecule has 1 aliphatic rings. The minimum Gasteiger partial charge on any atom is -0.479 e. The van der Waals surface area contributed by atoms with Crippen molar-refractivity contribution in [1.29, 1.82) is 5.26 Å². The number of nitriles is 1. The van der Waals surface area contributed by atoms with E-state index in [1.54, 1.807) is 25.1 Å². The molecule has 0 spiro atoms. The van der Waals surface area contributed by atoms with Crippen LogP contribution < -0.4 is 21.1 Å². The maximum absolute atomic E-state index is 11.3. The van der Waals surface area contributed by atoms with Gasteiger partial charge in [-0.3, -0.25) is 5.32 Å². The summed E-state index contributed by atoms with van der Waals surface area (Å²) in [5.41, 5.74) is 7.10. The van der Waals surface area contributed by atoms with Crippen molar-refractivity contribution < 1.29 is 19.3 Å². The van der Waals surface area contributed by atoms with Crippen LogP contribution in [0.3, 0.4) is 0 Å². The highest BCUT2D eigenvalue weighted by molar-refractivity contribution is 5.78. The number of rotatable bonds is 7. The Bertz CT molecular complexity index is 958. The van der Waals surface area contributed by atoms with Gasteiger partial charge in [0.05, 0.1) is 12.6 Å². The van der Waals surface area contributed by atoms with E-state index in [9.17, 15) is 5.11 Å². The molecule has 1 heterocycles. The molecule has 31 heavy (non-hydrogen) atoms. The number of nitrogens with zero attached hydrogens (tertiary/aromatic N) is 2. The molecule has 0 saturated heterocycles. The Balaban J connectivity index is 1.95. The van der Waals surface area contributed by atoms with Gasteiger partial charge in [-0.05, 0) is 30.7 Å². The molecule has 0 radical (unpaired) electrons. The molecule has 2 aromatic carbocycles. The van der Waals surface area contributed by atoms with Crippen molar-refractivity contribution in [1.82, 2.24) is 5.32 Å². The standard InChI is InChI=1S/C22H27N5O4/c1-22(20(29-2)30-3)19(28)18(16-11-15(26-13-23)9-10-17(16)31-22)27-21(24)25-12-14-7-5-4-6-8-14/h4-11,18-20,26,28H,12H2,1-3H3,(H3,24,25,27)/t18-,19+,22+/m1/s1. The first-order valence-electron chi connectivity index (χ1n) is 9.75. The highest BCUT2D eigenvalue weighted by Gasteiger charge is 2.52. The van der Waals surface area contributed by atoms with E-state index in [4.69, 9.17) is 25.2 Å². The zero-order valence-corrected chi connectivity index (χ0v) is 17.7. The molecule has 0 aliphatic carbocycles. The van der Waals surface area contributed by atoms with Crippen LogP contribution in [0.2, 0.25) is 0 Å². The molecule has 0 unspecified atom stereocenters. The van der Waals surface area contributed by atoms with Crippen LogP contribution in [0.25, 0.3) is 0 Å². The number of nitrogens with one attached hydrogen (secondary N) is 2. The molecule has 3 atom stereocenters. The van der Waals surface area contributed by atoms with E-state index >= 15 is 0 Å². The molecule has 9 heteroatoms. The number of hydrogen-bond acceptors (Lipinski definition) is 7. The van der Waals surface area contributed by atoms with Gasteiger partial charge in [0.1, 0.15) is 11.9 Å². The predicted octanol–water partition coefficient (Wildman–Crippen LogP) is 1.86. The third-order valence-corrected chi connectivity index (χ3v) is 5.25. The fraction of sp³-hybridized carbons (Fsp3) is 0.364. The SMILES string of the molecule is COC(OC)[C@@]1(C)Oc2ccc(NC#N)cc2[C@@H](NC(N)=NCc2ccccc2)[C@@H]1O. The molecule has 164 valence electrons. The number of guanidine groups is 1. The number of aliphatic hydroxyl groups excluding tert-OH is 1. The molecule has 0 amide bonds. The van der Waals surface area contributed by atoms with Gasteiger partial charge < -0.3 is 30.4 Å². The minimum atomic E-state index is -1.24. The first-order valence-corrected chi connectivity index (χ1v) is 9.75. The highest BCUT2D eigenvalue weighted by atomic mass is 16.7. The third-order valence-electron chi connectivity index (χ3n) is 5.25. The lowest BCUT2D eigenvalue weighted by Crippen LogP contribution is -2.62. The average molecular weight is 425 g/mol. The lowest BCUT2D eigenvalue weighted by Gasteiger charge is -2.46. The second-order valence-electron chi connectivity index (χ2n) is 7.33. The lowest BCUT2D eigenvalue weighted by molar-refractivity contribution is -0.238. The van der Waals surface area contributed by atoms with Crippen LogP contribution in [0.15, 0.2) is 53.5 Å². The predicted molar refractivity (Wildman–Crippen MR) is 116 cm³/mol. The zero-order valence-electron chi connectivity index (χ0n) is 17.7. The van der Waals surface area contributed by atoms with Gasteiger partial charge >= 0.3 is 0 Å². The summed E-state index contributed by atoms with van der Waals surface area (Å²) in [4.78, 5) is 4.39. The van der Waals surface area contributed by atoms with Crippen LogP contribution in [0.5, 0.6) is 5.75 Å². The van der Waals surface area contributed by atoms with Gasteiger partial charge in [0.2, 0.25) is 0 Å². The summed E-state index contributed by atoms with van der Waals surface area (Å²) in [7, 11) is 2.95. The van der Waals surface area contributed by atoms with E-state index < -0.39 is 24.0 Å². The van der Waals surface area contributed by atoms with Crippen LogP contribution >= 0.6 is 0 Å². The lowest BCUT2D eigenvalue weighted by atomic mass is 9.84. The van der Waals surface area contributed by atoms with E-state index in [0.717, 1.165) is 5.56 Å². The van der Waals surface area contributed by atoms with Gasteiger partial charge in [0.25, 0.3) is 0 Å². The molecule has 3 rings (SSSR count). The van der Waals surface area contributed by atoms with Crippen molar-refractivity contribution in [2.75, 3.05) is 19.5 Å². The van der Waals surface area contributed by atoms with Gasteiger partial charge in [-0.15, -0.1) is 0 Å². The molecular formula is C22H27N5O4. The topological polar surface area (TPSA) is 134 Å². The summed E-state index contributed by atoms with van der Waals surface area (Å²) >= 11 is 0. The largest absolute Gasteiger partial charge is 0.479 e. The van der Waals surface area contributed by atoms with Crippen LogP contribution in [0, 0.1) is 11.5 Å². The van der Waals surface area contributed by atoms with Crippen LogP contribution in [-0.4, -0.2) is 43.3 Å². The van der Waals surface area contributed by atoms with Crippen LogP contribution in [-0.2, 0) is 16.0 Å². The van der Waals surface area contributed by atoms with E-state index in [2.05, 4.69) is 15.6 Å². The summed E-state index contributed by atoms with van der Waals surface area (Å²) in [6, 6.07) is 14.1. The normalized spacial score (nSPS) is 22.9. The van der Waals surface area contributed by atoms with Crippen molar-refractivity contribution >= 4 is 11.6 Å². The number of fused-ring (bicyclic) bond motifs is 1. The van der Waals surface area contributed by atoms with Crippen molar-refractivity contribution in [3.8, 4) is 11.9 Å². The van der Waals surface area contributed by atoms with Crippen LogP contribution in [0.1, 0.15) is 24.1 Å². The average Bonchev–Trinajstić information content (AvgIpc) is 2.77. The summed E-state index contributed by atoms with van der Waals surface area (Å²) in [5.74, 6) is 0.664. The van der Waals surface area contributed by atoms with Gasteiger partial charge in [0.15, 0.2) is 24.0 Å². The highest BCUT2D eigenvalue weighted by Crippen LogP contribution is 2.43. The fourth-order valence-corrected chi connectivity index (χ4v) is 3.70. The Morgan fingerprint density at radius 3 is 2.65 bits per heavy atom. The molecule has 1 aliphatic heterocycles. The Morgan fingerprint density at radius 2 is 2.00 bits per heavy atom. The van der Waals surface area contributed by atoms with Crippen molar-refractivity contribution in [3.63, 3.8) is 0 Å². The van der Waals surface area contributed by atoms with E-state index in [1.807, 2.05) is 36.5 Å². The Hall–Kier alpha value is -3.32. The Morgan fingerprint density at radius 1 is 1.29 bits per heavy atom. The maximum atomic E-state index is 11.3. The van der Waals surface area contributed by atoms with Gasteiger partial charge in [-0.1, -0.05) is 30.3 Å². The van der Waals surface area contributed by atoms with Gasteiger partial charge in [-0.25, -0.2) is 4.99 Å². The monoisotopic (exact) mass is 425 g/mol.